The number of hydroxylamine groups is 3. The molecule has 0 bridgehead atoms. The van der Waals surface area contributed by atoms with Gasteiger partial charge in [0, 0.05) is 19.4 Å². The molecular formula is C9H20N2O2. The van der Waals surface area contributed by atoms with Crippen LogP contribution in [0.1, 0.15) is 26.2 Å². The van der Waals surface area contributed by atoms with Crippen molar-refractivity contribution >= 4 is 5.91 Å². The minimum atomic E-state index is -0.288. The maximum atomic E-state index is 11.1. The van der Waals surface area contributed by atoms with E-state index >= 15 is 0 Å². The van der Waals surface area contributed by atoms with E-state index in [4.69, 9.17) is 0 Å². The number of rotatable bonds is 6. The second-order valence-corrected chi connectivity index (χ2v) is 3.75. The zero-order chi connectivity index (χ0) is 10.3. The lowest BCUT2D eigenvalue weighted by atomic mass is 10.3. The summed E-state index contributed by atoms with van der Waals surface area (Å²) in [6.07, 6.45) is 2.19. The first-order valence-corrected chi connectivity index (χ1v) is 4.76. The van der Waals surface area contributed by atoms with E-state index in [1.54, 1.807) is 14.1 Å². The highest BCUT2D eigenvalue weighted by Gasteiger charge is 2.02. The zero-order valence-electron chi connectivity index (χ0n) is 8.80. The molecule has 0 heterocycles. The number of amides is 1. The molecule has 0 unspecified atom stereocenters. The normalized spacial score (nSPS) is 11.4. The Kier molecular flexibility index (Phi) is 5.66. The van der Waals surface area contributed by atoms with Crippen LogP contribution < -0.4 is 5.32 Å². The third kappa shape index (κ3) is 9.30. The fourth-order valence-electron chi connectivity index (χ4n) is 1.00. The molecule has 0 spiro atoms. The zero-order valence-corrected chi connectivity index (χ0v) is 8.80. The van der Waals surface area contributed by atoms with Crippen LogP contribution >= 0.6 is 0 Å². The van der Waals surface area contributed by atoms with Crippen LogP contribution in [0.5, 0.6) is 0 Å². The van der Waals surface area contributed by atoms with Crippen LogP contribution in [0, 0.1) is 5.21 Å². The van der Waals surface area contributed by atoms with Crippen LogP contribution in [0.4, 0.5) is 0 Å². The summed E-state index contributed by atoms with van der Waals surface area (Å²) in [5.74, 6) is 0.0821. The lowest BCUT2D eigenvalue weighted by Crippen LogP contribution is -2.35. The van der Waals surface area contributed by atoms with Crippen molar-refractivity contribution in [2.45, 2.75) is 26.2 Å². The van der Waals surface area contributed by atoms with E-state index in [1.807, 2.05) is 6.92 Å². The van der Waals surface area contributed by atoms with Gasteiger partial charge in [-0.1, -0.05) is 6.92 Å². The van der Waals surface area contributed by atoms with Gasteiger partial charge in [-0.05, 0) is 6.42 Å². The summed E-state index contributed by atoms with van der Waals surface area (Å²) in [6.45, 7) is 3.13. The Balaban J connectivity index is 3.31. The minimum absolute atomic E-state index is 0.0821. The average Bonchev–Trinajstić information content (AvgIpc) is 1.97. The van der Waals surface area contributed by atoms with Crippen molar-refractivity contribution in [1.82, 2.24) is 5.32 Å². The number of hydrogen-bond donors (Lipinski definition) is 1. The third-order valence-corrected chi connectivity index (χ3v) is 1.67. The van der Waals surface area contributed by atoms with E-state index in [1.165, 1.54) is 0 Å². The summed E-state index contributed by atoms with van der Waals surface area (Å²) >= 11 is 0. The Morgan fingerprint density at radius 2 is 2.08 bits per heavy atom. The molecule has 0 aliphatic carbocycles. The molecule has 0 rings (SSSR count). The van der Waals surface area contributed by atoms with Gasteiger partial charge >= 0.3 is 0 Å². The maximum absolute atomic E-state index is 11.1. The number of nitrogens with zero attached hydrogens (tertiary/aromatic N) is 1. The highest BCUT2D eigenvalue weighted by molar-refractivity contribution is 5.75. The largest absolute Gasteiger partial charge is 0.633 e. The van der Waals surface area contributed by atoms with E-state index < -0.39 is 0 Å². The van der Waals surface area contributed by atoms with Crippen molar-refractivity contribution in [3.63, 3.8) is 0 Å². The van der Waals surface area contributed by atoms with Gasteiger partial charge in [0.1, 0.15) is 0 Å². The van der Waals surface area contributed by atoms with Gasteiger partial charge in [0.15, 0.2) is 0 Å². The smallest absolute Gasteiger partial charge is 0.219 e. The van der Waals surface area contributed by atoms with Crippen LogP contribution in [0.25, 0.3) is 0 Å². The van der Waals surface area contributed by atoms with E-state index in [0.717, 1.165) is 12.8 Å². The second kappa shape index (κ2) is 5.94. The van der Waals surface area contributed by atoms with Crippen molar-refractivity contribution in [3.8, 4) is 0 Å². The highest BCUT2D eigenvalue weighted by Crippen LogP contribution is 1.94. The fraction of sp³-hybridized carbons (Fsp3) is 0.889. The van der Waals surface area contributed by atoms with Crippen LogP contribution in [0.15, 0.2) is 0 Å². The van der Waals surface area contributed by atoms with Gasteiger partial charge in [0.25, 0.3) is 0 Å². The summed E-state index contributed by atoms with van der Waals surface area (Å²) in [5, 5.41) is 13.9. The molecule has 0 atom stereocenters. The molecular weight excluding hydrogens is 168 g/mol. The fourth-order valence-corrected chi connectivity index (χ4v) is 1.00. The van der Waals surface area contributed by atoms with Gasteiger partial charge in [-0.15, -0.1) is 0 Å². The Labute approximate surface area is 80.1 Å². The molecule has 0 aromatic carbocycles. The summed E-state index contributed by atoms with van der Waals surface area (Å²) in [7, 11) is 3.21. The second-order valence-electron chi connectivity index (χ2n) is 3.75. The van der Waals surface area contributed by atoms with Gasteiger partial charge in [0.05, 0.1) is 20.6 Å². The molecule has 0 saturated heterocycles. The number of hydrogen-bond acceptors (Lipinski definition) is 2. The van der Waals surface area contributed by atoms with Crippen LogP contribution in [-0.2, 0) is 4.79 Å². The van der Waals surface area contributed by atoms with Crippen molar-refractivity contribution in [2.75, 3.05) is 27.2 Å². The number of carbonyl (C=O) groups excluding carboxylic acids is 1. The minimum Gasteiger partial charge on any atom is -0.633 e. The van der Waals surface area contributed by atoms with E-state index in [9.17, 15) is 10.0 Å². The first-order chi connectivity index (χ1) is 5.95. The Morgan fingerprint density at radius 3 is 2.54 bits per heavy atom. The molecule has 0 aliphatic rings. The quantitative estimate of drug-likeness (QED) is 0.382. The molecule has 1 amide bonds. The predicted octanol–water partition coefficient (Wildman–Crippen LogP) is 0.867. The third-order valence-electron chi connectivity index (χ3n) is 1.67. The highest BCUT2D eigenvalue weighted by atomic mass is 16.5. The Bertz CT molecular complexity index is 152. The van der Waals surface area contributed by atoms with Crippen molar-refractivity contribution < 1.29 is 9.44 Å². The summed E-state index contributed by atoms with van der Waals surface area (Å²) in [6, 6.07) is 0. The van der Waals surface area contributed by atoms with Gasteiger partial charge in [-0.2, -0.15) is 0 Å². The lowest BCUT2D eigenvalue weighted by molar-refractivity contribution is -0.840. The monoisotopic (exact) mass is 188 g/mol. The van der Waals surface area contributed by atoms with E-state index in [-0.39, 0.29) is 10.6 Å². The first-order valence-electron chi connectivity index (χ1n) is 4.76. The van der Waals surface area contributed by atoms with Crippen LogP contribution in [0.3, 0.4) is 0 Å². The van der Waals surface area contributed by atoms with Crippen molar-refractivity contribution in [2.24, 2.45) is 0 Å². The average molecular weight is 188 g/mol. The molecule has 1 N–H and O–H groups in total. The number of carbonyl (C=O) groups is 1. The standard InChI is InChI=1S/C9H20N2O2/c1-4-6-9(12)10-7-5-8-11(2,3)13/h4-8H2,1-3H3,(H,10,12). The van der Waals surface area contributed by atoms with Gasteiger partial charge in [0.2, 0.25) is 5.91 Å². The van der Waals surface area contributed by atoms with Crippen molar-refractivity contribution in [3.05, 3.63) is 5.21 Å². The van der Waals surface area contributed by atoms with Crippen molar-refractivity contribution in [1.29, 1.82) is 0 Å². The lowest BCUT2D eigenvalue weighted by Gasteiger charge is -2.33. The van der Waals surface area contributed by atoms with Crippen LogP contribution in [-0.4, -0.2) is 37.7 Å². The van der Waals surface area contributed by atoms with Gasteiger partial charge < -0.3 is 15.2 Å². The summed E-state index contributed by atoms with van der Waals surface area (Å²) in [4.78, 5) is 11.0. The van der Waals surface area contributed by atoms with Crippen LogP contribution in [0.2, 0.25) is 0 Å². The molecule has 0 aromatic rings. The van der Waals surface area contributed by atoms with Gasteiger partial charge in [-0.25, -0.2) is 0 Å². The summed E-state index contributed by atoms with van der Waals surface area (Å²) in [5.41, 5.74) is 0. The Hall–Kier alpha value is -0.610. The molecule has 0 fully saturated rings. The molecule has 0 aliphatic heterocycles. The first kappa shape index (κ1) is 12.4. The van der Waals surface area contributed by atoms with Gasteiger partial charge in [-0.3, -0.25) is 4.79 Å². The molecule has 4 heteroatoms. The topological polar surface area (TPSA) is 52.2 Å². The van der Waals surface area contributed by atoms with E-state index in [2.05, 4.69) is 5.32 Å². The molecule has 13 heavy (non-hydrogen) atoms. The number of quaternary nitrogens is 1. The molecule has 0 radical (unpaired) electrons. The summed E-state index contributed by atoms with van der Waals surface area (Å²) < 4.78 is -0.288. The molecule has 0 saturated carbocycles. The molecule has 0 aromatic heterocycles. The molecule has 78 valence electrons. The Morgan fingerprint density at radius 1 is 1.46 bits per heavy atom. The maximum Gasteiger partial charge on any atom is 0.219 e. The predicted molar refractivity (Wildman–Crippen MR) is 52.9 cm³/mol. The molecule has 4 nitrogen and oxygen atoms in total. The number of nitrogens with one attached hydrogen (secondary N) is 1. The SMILES string of the molecule is CCCC(=O)NCCC[N+](C)(C)[O-]. The van der Waals surface area contributed by atoms with E-state index in [0.29, 0.717) is 19.5 Å².